The smallest absolute Gasteiger partial charge is 0.492 e. The van der Waals surface area contributed by atoms with Gasteiger partial charge in [0.1, 0.15) is 12.4 Å². The van der Waals surface area contributed by atoms with Crippen LogP contribution < -0.4 is 20.5 Å². The van der Waals surface area contributed by atoms with Crippen molar-refractivity contribution >= 4 is 11.6 Å². The maximum absolute atomic E-state index is 12.5. The van der Waals surface area contributed by atoms with Crippen molar-refractivity contribution in [3.05, 3.63) is 54.1 Å². The van der Waals surface area contributed by atoms with Crippen LogP contribution in [0.2, 0.25) is 0 Å². The predicted octanol–water partition coefficient (Wildman–Crippen LogP) is 4.03. The molecule has 0 aromatic heterocycles. The van der Waals surface area contributed by atoms with Gasteiger partial charge in [0.25, 0.3) is 0 Å². The number of halogens is 3. The molecule has 2 aromatic carbocycles. The van der Waals surface area contributed by atoms with Gasteiger partial charge in [-0.05, 0) is 62.2 Å². The topological polar surface area (TPSA) is 72.1 Å². The summed E-state index contributed by atoms with van der Waals surface area (Å²) in [6.07, 6.45) is -1.61. The number of benzene rings is 2. The number of nitrogens with zero attached hydrogens (tertiary/aromatic N) is 2. The number of alkyl halides is 3. The maximum atomic E-state index is 12.5. The van der Waals surface area contributed by atoms with Gasteiger partial charge in [-0.25, -0.2) is 0 Å². The molecule has 9 heteroatoms. The van der Waals surface area contributed by atoms with Gasteiger partial charge < -0.3 is 20.5 Å². The Morgan fingerprint density at radius 3 is 2.48 bits per heavy atom. The summed E-state index contributed by atoms with van der Waals surface area (Å²) in [5.41, 5.74) is 6.96. The monoisotopic (exact) mass is 436 g/mol. The minimum absolute atomic E-state index is 0.0140. The van der Waals surface area contributed by atoms with E-state index in [2.05, 4.69) is 19.9 Å². The van der Waals surface area contributed by atoms with Gasteiger partial charge >= 0.3 is 6.36 Å². The normalized spacial score (nSPS) is 15.1. The molecule has 31 heavy (non-hydrogen) atoms. The summed E-state index contributed by atoms with van der Waals surface area (Å²) >= 11 is 0. The lowest BCUT2D eigenvalue weighted by Gasteiger charge is -2.15. The number of nitrogens with two attached hydrogens (primary N) is 1. The van der Waals surface area contributed by atoms with E-state index < -0.39 is 6.36 Å². The third-order valence-corrected chi connectivity index (χ3v) is 4.86. The van der Waals surface area contributed by atoms with Crippen LogP contribution in [0.5, 0.6) is 11.5 Å². The number of aliphatic imine (C=N–C) groups is 1. The van der Waals surface area contributed by atoms with Gasteiger partial charge in [0.2, 0.25) is 0 Å². The molecule has 2 aromatic rings. The van der Waals surface area contributed by atoms with Crippen LogP contribution in [0.4, 0.5) is 18.9 Å². The predicted molar refractivity (Wildman–Crippen MR) is 115 cm³/mol. The molecule has 0 aliphatic carbocycles. The SMILES string of the molecule is NC(=NCCc1ccc(OCCN2CCCC2)cc1)Nc1ccccc1OC(F)(F)F. The molecule has 1 aliphatic heterocycles. The zero-order chi connectivity index (χ0) is 22.1. The van der Waals surface area contributed by atoms with E-state index in [1.165, 1.54) is 31.0 Å². The van der Waals surface area contributed by atoms with E-state index in [4.69, 9.17) is 10.5 Å². The fourth-order valence-electron chi connectivity index (χ4n) is 3.32. The van der Waals surface area contributed by atoms with Crippen LogP contribution in [-0.4, -0.2) is 50.0 Å². The van der Waals surface area contributed by atoms with Crippen LogP contribution in [0.1, 0.15) is 18.4 Å². The highest BCUT2D eigenvalue weighted by molar-refractivity contribution is 5.93. The molecule has 3 rings (SSSR count). The van der Waals surface area contributed by atoms with E-state index in [-0.39, 0.29) is 17.4 Å². The summed E-state index contributed by atoms with van der Waals surface area (Å²) in [4.78, 5) is 6.58. The van der Waals surface area contributed by atoms with Gasteiger partial charge in [-0.3, -0.25) is 9.89 Å². The van der Waals surface area contributed by atoms with Crippen molar-refractivity contribution in [3.63, 3.8) is 0 Å². The molecule has 1 heterocycles. The second kappa shape index (κ2) is 10.9. The molecule has 0 bridgehead atoms. The Morgan fingerprint density at radius 1 is 1.06 bits per heavy atom. The molecule has 0 atom stereocenters. The van der Waals surface area contributed by atoms with Crippen molar-refractivity contribution in [2.24, 2.45) is 10.7 Å². The summed E-state index contributed by atoms with van der Waals surface area (Å²) in [7, 11) is 0. The molecule has 1 aliphatic rings. The first-order valence-electron chi connectivity index (χ1n) is 10.2. The van der Waals surface area contributed by atoms with Crippen LogP contribution >= 0.6 is 0 Å². The first kappa shape index (κ1) is 22.7. The van der Waals surface area contributed by atoms with Crippen molar-refractivity contribution in [2.45, 2.75) is 25.6 Å². The number of anilines is 1. The number of hydrogen-bond acceptors (Lipinski definition) is 4. The Morgan fingerprint density at radius 2 is 1.77 bits per heavy atom. The number of nitrogens with one attached hydrogen (secondary N) is 1. The van der Waals surface area contributed by atoms with Crippen LogP contribution in [0, 0.1) is 0 Å². The molecule has 3 N–H and O–H groups in total. The Balaban J connectivity index is 1.43. The first-order valence-corrected chi connectivity index (χ1v) is 10.2. The standard InChI is InChI=1S/C22H27F3N4O2/c23-22(24,25)31-20-6-2-1-5-19(20)28-21(26)27-12-11-17-7-9-18(10-8-17)30-16-15-29-13-3-4-14-29/h1-2,5-10H,3-4,11-16H2,(H3,26,27,28). The van der Waals surface area contributed by atoms with E-state index >= 15 is 0 Å². The van der Waals surface area contributed by atoms with Gasteiger partial charge in [-0.2, -0.15) is 0 Å². The molecule has 0 amide bonds. The van der Waals surface area contributed by atoms with Gasteiger partial charge in [0, 0.05) is 13.1 Å². The molecule has 0 radical (unpaired) electrons. The number of likely N-dealkylation sites (tertiary alicyclic amines) is 1. The highest BCUT2D eigenvalue weighted by Gasteiger charge is 2.32. The average Bonchev–Trinajstić information content (AvgIpc) is 3.23. The molecular formula is C22H27F3N4O2. The maximum Gasteiger partial charge on any atom is 0.573 e. The zero-order valence-electron chi connectivity index (χ0n) is 17.2. The molecule has 0 unspecified atom stereocenters. The van der Waals surface area contributed by atoms with Crippen molar-refractivity contribution in [1.82, 2.24) is 4.90 Å². The Hall–Kier alpha value is -2.94. The summed E-state index contributed by atoms with van der Waals surface area (Å²) in [5.74, 6) is 0.475. The second-order valence-corrected chi connectivity index (χ2v) is 7.23. The number of para-hydroxylation sites is 2. The summed E-state index contributed by atoms with van der Waals surface area (Å²) in [5, 5.41) is 2.65. The van der Waals surface area contributed by atoms with Gasteiger partial charge in [-0.1, -0.05) is 24.3 Å². The lowest BCUT2D eigenvalue weighted by atomic mass is 10.1. The Kier molecular flexibility index (Phi) is 8.00. The Bertz CT molecular complexity index is 851. The van der Waals surface area contributed by atoms with Gasteiger partial charge in [0.15, 0.2) is 11.7 Å². The van der Waals surface area contributed by atoms with Crippen LogP contribution in [0.15, 0.2) is 53.5 Å². The minimum Gasteiger partial charge on any atom is -0.492 e. The largest absolute Gasteiger partial charge is 0.573 e. The first-order chi connectivity index (χ1) is 14.9. The summed E-state index contributed by atoms with van der Waals surface area (Å²) in [6.45, 7) is 4.31. The number of guanidine groups is 1. The quantitative estimate of drug-likeness (QED) is 0.459. The number of rotatable bonds is 9. The molecular weight excluding hydrogens is 409 g/mol. The highest BCUT2D eigenvalue weighted by Crippen LogP contribution is 2.29. The van der Waals surface area contributed by atoms with E-state index in [9.17, 15) is 13.2 Å². The van der Waals surface area contributed by atoms with Crippen molar-refractivity contribution in [3.8, 4) is 11.5 Å². The molecule has 6 nitrogen and oxygen atoms in total. The van der Waals surface area contributed by atoms with Crippen LogP contribution in [0.3, 0.4) is 0 Å². The third kappa shape index (κ3) is 8.01. The lowest BCUT2D eigenvalue weighted by Crippen LogP contribution is -2.25. The summed E-state index contributed by atoms with van der Waals surface area (Å²) in [6, 6.07) is 13.5. The van der Waals surface area contributed by atoms with E-state index in [0.717, 1.165) is 30.9 Å². The molecule has 0 saturated carbocycles. The van der Waals surface area contributed by atoms with E-state index in [1.807, 2.05) is 24.3 Å². The van der Waals surface area contributed by atoms with Crippen molar-refractivity contribution in [1.29, 1.82) is 0 Å². The number of ether oxygens (including phenoxy) is 2. The minimum atomic E-state index is -4.78. The summed E-state index contributed by atoms with van der Waals surface area (Å²) < 4.78 is 47.3. The zero-order valence-corrected chi connectivity index (χ0v) is 17.2. The van der Waals surface area contributed by atoms with Crippen LogP contribution in [-0.2, 0) is 6.42 Å². The van der Waals surface area contributed by atoms with Gasteiger partial charge in [-0.15, -0.1) is 13.2 Å². The van der Waals surface area contributed by atoms with Crippen molar-refractivity contribution < 1.29 is 22.6 Å². The Labute approximate surface area is 179 Å². The number of hydrogen-bond donors (Lipinski definition) is 2. The fourth-order valence-corrected chi connectivity index (χ4v) is 3.32. The molecule has 168 valence electrons. The average molecular weight is 436 g/mol. The molecule has 1 saturated heterocycles. The highest BCUT2D eigenvalue weighted by atomic mass is 19.4. The van der Waals surface area contributed by atoms with E-state index in [0.29, 0.717) is 19.6 Å². The van der Waals surface area contributed by atoms with Crippen LogP contribution in [0.25, 0.3) is 0 Å². The van der Waals surface area contributed by atoms with E-state index in [1.54, 1.807) is 6.07 Å². The molecule has 0 spiro atoms. The molecule has 1 fully saturated rings. The second-order valence-electron chi connectivity index (χ2n) is 7.23. The lowest BCUT2D eigenvalue weighted by molar-refractivity contribution is -0.274. The fraction of sp³-hybridized carbons (Fsp3) is 0.409. The van der Waals surface area contributed by atoms with Crippen molar-refractivity contribution in [2.75, 3.05) is 38.1 Å². The van der Waals surface area contributed by atoms with Gasteiger partial charge in [0.05, 0.1) is 5.69 Å². The third-order valence-electron chi connectivity index (χ3n) is 4.86.